The first-order valence-corrected chi connectivity index (χ1v) is 10.2. The van der Waals surface area contributed by atoms with Gasteiger partial charge in [-0.1, -0.05) is 48.5 Å². The van der Waals surface area contributed by atoms with Crippen molar-refractivity contribution in [2.75, 3.05) is 13.1 Å². The normalized spacial score (nSPS) is 17.9. The van der Waals surface area contributed by atoms with Crippen LogP contribution in [0, 0.1) is 0 Å². The Bertz CT molecular complexity index is 962. The van der Waals surface area contributed by atoms with Gasteiger partial charge in [-0.15, -0.1) is 0 Å². The highest BCUT2D eigenvalue weighted by Gasteiger charge is 2.24. The molecule has 5 heteroatoms. The second-order valence-electron chi connectivity index (χ2n) is 7.22. The number of likely N-dealkylation sites (tertiary alicyclic amines) is 1. The van der Waals surface area contributed by atoms with Gasteiger partial charge in [-0.3, -0.25) is 14.4 Å². The average Bonchev–Trinajstić information content (AvgIpc) is 2.93. The third kappa shape index (κ3) is 3.66. The van der Waals surface area contributed by atoms with Gasteiger partial charge < -0.3 is 0 Å². The molecule has 1 unspecified atom stereocenters. The maximum atomic E-state index is 12.8. The number of hydrogen-bond donors (Lipinski definition) is 0. The third-order valence-corrected chi connectivity index (χ3v) is 6.27. The largest absolute Gasteiger partial charge is 0.297 e. The number of rotatable bonds is 4. The number of nitrogens with zero attached hydrogens (tertiary/aromatic N) is 3. The van der Waals surface area contributed by atoms with E-state index in [1.165, 1.54) is 18.4 Å². The molecule has 3 aromatic rings. The van der Waals surface area contributed by atoms with E-state index in [0.717, 1.165) is 31.0 Å². The SMILES string of the molecule is Cn1c(CN2CCCC(c3ccccc3)C2)c(Br)c(=O)n1-c1ccccc1. The van der Waals surface area contributed by atoms with Crippen molar-refractivity contribution in [1.82, 2.24) is 14.3 Å². The molecule has 4 nitrogen and oxygen atoms in total. The number of para-hydroxylation sites is 1. The number of benzene rings is 2. The molecular formula is C22H24BrN3O. The summed E-state index contributed by atoms with van der Waals surface area (Å²) in [5, 5.41) is 0. The molecule has 1 saturated heterocycles. The van der Waals surface area contributed by atoms with Crippen molar-refractivity contribution in [1.29, 1.82) is 0 Å². The fourth-order valence-corrected chi connectivity index (χ4v) is 4.61. The Balaban J connectivity index is 1.59. The second kappa shape index (κ2) is 7.87. The molecule has 0 amide bonds. The summed E-state index contributed by atoms with van der Waals surface area (Å²) >= 11 is 3.56. The van der Waals surface area contributed by atoms with Crippen LogP contribution in [0.4, 0.5) is 0 Å². The summed E-state index contributed by atoms with van der Waals surface area (Å²) in [5.74, 6) is 0.562. The summed E-state index contributed by atoms with van der Waals surface area (Å²) in [4.78, 5) is 15.3. The molecule has 140 valence electrons. The van der Waals surface area contributed by atoms with Crippen LogP contribution in [0.2, 0.25) is 0 Å². The van der Waals surface area contributed by atoms with Crippen LogP contribution in [0.5, 0.6) is 0 Å². The quantitative estimate of drug-likeness (QED) is 0.622. The van der Waals surface area contributed by atoms with Crippen LogP contribution >= 0.6 is 15.9 Å². The molecule has 2 aromatic carbocycles. The Hall–Kier alpha value is -2.11. The lowest BCUT2D eigenvalue weighted by molar-refractivity contribution is 0.195. The molecule has 1 aliphatic heterocycles. The van der Waals surface area contributed by atoms with Gasteiger partial charge in [-0.25, -0.2) is 4.68 Å². The van der Waals surface area contributed by atoms with E-state index in [1.54, 1.807) is 4.68 Å². The van der Waals surface area contributed by atoms with Crippen LogP contribution < -0.4 is 5.56 Å². The van der Waals surface area contributed by atoms with Crippen LogP contribution in [0.1, 0.15) is 30.0 Å². The van der Waals surface area contributed by atoms with Crippen molar-refractivity contribution >= 4 is 15.9 Å². The predicted molar refractivity (Wildman–Crippen MR) is 112 cm³/mol. The summed E-state index contributed by atoms with van der Waals surface area (Å²) in [5.41, 5.74) is 3.32. The van der Waals surface area contributed by atoms with Gasteiger partial charge in [-0.05, 0) is 58.9 Å². The molecular weight excluding hydrogens is 402 g/mol. The van der Waals surface area contributed by atoms with Gasteiger partial charge in [0.25, 0.3) is 5.56 Å². The molecule has 0 N–H and O–H groups in total. The first-order valence-electron chi connectivity index (χ1n) is 9.44. The van der Waals surface area contributed by atoms with E-state index in [1.807, 2.05) is 42.1 Å². The number of halogens is 1. The highest BCUT2D eigenvalue weighted by atomic mass is 79.9. The Morgan fingerprint density at radius 3 is 2.41 bits per heavy atom. The Morgan fingerprint density at radius 1 is 1.04 bits per heavy atom. The highest BCUT2D eigenvalue weighted by molar-refractivity contribution is 9.10. The first kappa shape index (κ1) is 18.3. The highest BCUT2D eigenvalue weighted by Crippen LogP contribution is 2.28. The van der Waals surface area contributed by atoms with E-state index < -0.39 is 0 Å². The summed E-state index contributed by atoms with van der Waals surface area (Å²) in [6.45, 7) is 2.87. The van der Waals surface area contributed by atoms with Crippen molar-refractivity contribution < 1.29 is 0 Å². The maximum absolute atomic E-state index is 12.8. The molecule has 0 spiro atoms. The minimum Gasteiger partial charge on any atom is -0.297 e. The Kier molecular flexibility index (Phi) is 5.32. The lowest BCUT2D eigenvalue weighted by Crippen LogP contribution is -2.34. The predicted octanol–water partition coefficient (Wildman–Crippen LogP) is 4.32. The smallest absolute Gasteiger partial charge is 0.286 e. The van der Waals surface area contributed by atoms with Gasteiger partial charge in [0.1, 0.15) is 4.47 Å². The van der Waals surface area contributed by atoms with E-state index >= 15 is 0 Å². The molecule has 0 saturated carbocycles. The van der Waals surface area contributed by atoms with E-state index in [0.29, 0.717) is 10.4 Å². The van der Waals surface area contributed by atoms with Crippen LogP contribution in [-0.4, -0.2) is 27.4 Å². The molecule has 0 aliphatic carbocycles. The molecule has 4 rings (SSSR count). The number of hydrogen-bond acceptors (Lipinski definition) is 2. The lowest BCUT2D eigenvalue weighted by atomic mass is 9.90. The van der Waals surface area contributed by atoms with Crippen LogP contribution in [-0.2, 0) is 13.6 Å². The van der Waals surface area contributed by atoms with Gasteiger partial charge in [0.2, 0.25) is 0 Å². The maximum Gasteiger partial charge on any atom is 0.286 e. The van der Waals surface area contributed by atoms with Crippen LogP contribution in [0.25, 0.3) is 5.69 Å². The summed E-state index contributed by atoms with van der Waals surface area (Å²) in [6.07, 6.45) is 2.41. The summed E-state index contributed by atoms with van der Waals surface area (Å²) in [7, 11) is 1.97. The van der Waals surface area contributed by atoms with E-state index in [2.05, 4.69) is 51.2 Å². The summed E-state index contributed by atoms with van der Waals surface area (Å²) in [6, 6.07) is 20.6. The van der Waals surface area contributed by atoms with Crippen LogP contribution in [0.3, 0.4) is 0 Å². The fraction of sp³-hybridized carbons (Fsp3) is 0.318. The van der Waals surface area contributed by atoms with Gasteiger partial charge in [0.05, 0.1) is 11.4 Å². The molecule has 27 heavy (non-hydrogen) atoms. The zero-order valence-electron chi connectivity index (χ0n) is 15.5. The monoisotopic (exact) mass is 425 g/mol. The zero-order chi connectivity index (χ0) is 18.8. The van der Waals surface area contributed by atoms with Crippen molar-refractivity contribution in [2.45, 2.75) is 25.3 Å². The summed E-state index contributed by atoms with van der Waals surface area (Å²) < 4.78 is 4.38. The number of piperidine rings is 1. The van der Waals surface area contributed by atoms with Gasteiger partial charge >= 0.3 is 0 Å². The molecule has 0 bridgehead atoms. The molecule has 1 fully saturated rings. The van der Waals surface area contributed by atoms with Crippen molar-refractivity contribution in [2.24, 2.45) is 7.05 Å². The first-order chi connectivity index (χ1) is 13.1. The van der Waals surface area contributed by atoms with Crippen molar-refractivity contribution in [3.8, 4) is 5.69 Å². The Morgan fingerprint density at radius 2 is 1.70 bits per heavy atom. The molecule has 0 radical (unpaired) electrons. The molecule has 1 aliphatic rings. The van der Waals surface area contributed by atoms with E-state index in [-0.39, 0.29) is 5.56 Å². The molecule has 1 aromatic heterocycles. The average molecular weight is 426 g/mol. The fourth-order valence-electron chi connectivity index (χ4n) is 4.06. The van der Waals surface area contributed by atoms with Crippen LogP contribution in [0.15, 0.2) is 69.9 Å². The second-order valence-corrected chi connectivity index (χ2v) is 8.01. The zero-order valence-corrected chi connectivity index (χ0v) is 17.1. The minimum atomic E-state index is -0.00433. The van der Waals surface area contributed by atoms with Gasteiger partial charge in [-0.2, -0.15) is 0 Å². The van der Waals surface area contributed by atoms with Crippen molar-refractivity contribution in [3.05, 3.63) is 86.7 Å². The number of aromatic nitrogens is 2. The standard InChI is InChI=1S/C22H24BrN3O/c1-24-20(21(23)22(27)26(24)19-12-6-3-7-13-19)16-25-14-8-11-18(15-25)17-9-4-2-5-10-17/h2-7,9-10,12-13,18H,8,11,14-16H2,1H3. The van der Waals surface area contributed by atoms with Gasteiger partial charge in [0, 0.05) is 20.1 Å². The van der Waals surface area contributed by atoms with E-state index in [9.17, 15) is 4.79 Å². The van der Waals surface area contributed by atoms with Gasteiger partial charge in [0.15, 0.2) is 0 Å². The Labute approximate surface area is 168 Å². The molecule has 2 heterocycles. The topological polar surface area (TPSA) is 30.2 Å². The van der Waals surface area contributed by atoms with E-state index in [4.69, 9.17) is 0 Å². The van der Waals surface area contributed by atoms with Crippen molar-refractivity contribution in [3.63, 3.8) is 0 Å². The third-order valence-electron chi connectivity index (χ3n) is 5.47. The molecule has 1 atom stereocenters. The lowest BCUT2D eigenvalue weighted by Gasteiger charge is -2.33. The minimum absolute atomic E-state index is 0.00433.